The Kier molecular flexibility index (Phi) is 5.28. The van der Waals surface area contributed by atoms with E-state index < -0.39 is 9.84 Å². The zero-order chi connectivity index (χ0) is 12.0. The summed E-state index contributed by atoms with van der Waals surface area (Å²) in [5.41, 5.74) is 1.18. The van der Waals surface area contributed by atoms with E-state index in [2.05, 4.69) is 15.9 Å². The van der Waals surface area contributed by atoms with Crippen molar-refractivity contribution < 1.29 is 13.2 Å². The van der Waals surface area contributed by atoms with Crippen molar-refractivity contribution in [3.8, 4) is 5.75 Å². The smallest absolute Gasteiger partial charge is 0.147 e. The molecular formula is C11H15BrO3S. The molecule has 0 N–H and O–H groups in total. The molecule has 1 aromatic carbocycles. The van der Waals surface area contributed by atoms with Gasteiger partial charge in [0.2, 0.25) is 0 Å². The van der Waals surface area contributed by atoms with Gasteiger partial charge in [0, 0.05) is 11.6 Å². The Morgan fingerprint density at radius 2 is 1.88 bits per heavy atom. The fraction of sp³-hybridized carbons (Fsp3) is 0.455. The lowest BCUT2D eigenvalue weighted by Crippen LogP contribution is -2.07. The van der Waals surface area contributed by atoms with E-state index in [1.165, 1.54) is 11.8 Å². The second-order valence-corrected chi connectivity index (χ2v) is 6.43. The summed E-state index contributed by atoms with van der Waals surface area (Å²) in [4.78, 5) is 0. The molecule has 0 radical (unpaired) electrons. The van der Waals surface area contributed by atoms with E-state index in [0.29, 0.717) is 13.0 Å². The third-order valence-corrected chi connectivity index (χ3v) is 3.68. The maximum Gasteiger partial charge on any atom is 0.147 e. The molecule has 90 valence electrons. The molecule has 0 aliphatic rings. The third kappa shape index (κ3) is 5.51. The van der Waals surface area contributed by atoms with Crippen molar-refractivity contribution in [2.24, 2.45) is 0 Å². The molecule has 1 aromatic rings. The van der Waals surface area contributed by atoms with Crippen LogP contribution in [0.4, 0.5) is 0 Å². The summed E-state index contributed by atoms with van der Waals surface area (Å²) < 4.78 is 27.2. The van der Waals surface area contributed by atoms with Gasteiger partial charge in [0.1, 0.15) is 15.6 Å². The molecule has 0 atom stereocenters. The Labute approximate surface area is 105 Å². The normalized spacial score (nSPS) is 11.4. The van der Waals surface area contributed by atoms with Gasteiger partial charge in [-0.1, -0.05) is 28.1 Å². The molecule has 0 heterocycles. The van der Waals surface area contributed by atoms with E-state index in [-0.39, 0.29) is 5.75 Å². The van der Waals surface area contributed by atoms with Crippen molar-refractivity contribution in [2.75, 3.05) is 18.6 Å². The molecule has 1 rings (SSSR count). The molecule has 0 aliphatic carbocycles. The number of benzene rings is 1. The van der Waals surface area contributed by atoms with E-state index in [0.717, 1.165) is 11.1 Å². The van der Waals surface area contributed by atoms with E-state index in [1.54, 1.807) is 0 Å². The average molecular weight is 307 g/mol. The largest absolute Gasteiger partial charge is 0.494 e. The van der Waals surface area contributed by atoms with Crippen LogP contribution in [0.5, 0.6) is 5.75 Å². The number of ether oxygens (including phenoxy) is 1. The standard InChI is InChI=1S/C11H15BrO3S/c1-16(13,14)8-2-7-15-11-5-3-10(9-12)4-6-11/h3-6H,2,7-9H2,1H3. The highest BCUT2D eigenvalue weighted by atomic mass is 79.9. The molecule has 0 spiro atoms. The maximum absolute atomic E-state index is 10.9. The molecule has 3 nitrogen and oxygen atoms in total. The monoisotopic (exact) mass is 306 g/mol. The molecule has 0 amide bonds. The van der Waals surface area contributed by atoms with Crippen LogP contribution < -0.4 is 4.74 Å². The molecular weight excluding hydrogens is 292 g/mol. The summed E-state index contributed by atoms with van der Waals surface area (Å²) in [6.45, 7) is 0.431. The summed E-state index contributed by atoms with van der Waals surface area (Å²) in [5.74, 6) is 0.949. The molecule has 0 bridgehead atoms. The van der Waals surface area contributed by atoms with Gasteiger partial charge in [-0.3, -0.25) is 0 Å². The van der Waals surface area contributed by atoms with Gasteiger partial charge in [-0.25, -0.2) is 8.42 Å². The van der Waals surface area contributed by atoms with Crippen LogP contribution in [-0.4, -0.2) is 27.0 Å². The van der Waals surface area contributed by atoms with Gasteiger partial charge in [-0.15, -0.1) is 0 Å². The molecule has 0 saturated carbocycles. The second-order valence-electron chi connectivity index (χ2n) is 3.61. The first-order valence-electron chi connectivity index (χ1n) is 4.97. The number of rotatable bonds is 6. The van der Waals surface area contributed by atoms with Crippen molar-refractivity contribution in [1.82, 2.24) is 0 Å². The van der Waals surface area contributed by atoms with Gasteiger partial charge in [0.25, 0.3) is 0 Å². The van der Waals surface area contributed by atoms with Crippen LogP contribution >= 0.6 is 15.9 Å². The highest BCUT2D eigenvalue weighted by molar-refractivity contribution is 9.08. The lowest BCUT2D eigenvalue weighted by molar-refractivity contribution is 0.317. The Hall–Kier alpha value is -0.550. The lowest BCUT2D eigenvalue weighted by Gasteiger charge is -2.05. The van der Waals surface area contributed by atoms with Crippen LogP contribution in [0.2, 0.25) is 0 Å². The van der Waals surface area contributed by atoms with Gasteiger partial charge in [0.15, 0.2) is 0 Å². The zero-order valence-electron chi connectivity index (χ0n) is 9.15. The molecule has 5 heteroatoms. The molecule has 0 unspecified atom stereocenters. The number of hydrogen-bond donors (Lipinski definition) is 0. The van der Waals surface area contributed by atoms with Gasteiger partial charge in [0.05, 0.1) is 12.4 Å². The van der Waals surface area contributed by atoms with Crippen molar-refractivity contribution in [1.29, 1.82) is 0 Å². The van der Waals surface area contributed by atoms with E-state index >= 15 is 0 Å². The van der Waals surface area contributed by atoms with Crippen molar-refractivity contribution in [3.05, 3.63) is 29.8 Å². The Morgan fingerprint density at radius 1 is 1.25 bits per heavy atom. The quantitative estimate of drug-likeness (QED) is 0.599. The predicted octanol–water partition coefficient (Wildman–Crippen LogP) is 2.40. The SMILES string of the molecule is CS(=O)(=O)CCCOc1ccc(CBr)cc1. The number of halogens is 1. The summed E-state index contributed by atoms with van der Waals surface area (Å²) >= 11 is 3.36. The minimum Gasteiger partial charge on any atom is -0.494 e. The first-order chi connectivity index (χ1) is 7.51. The molecule has 0 aliphatic heterocycles. The number of hydrogen-bond acceptors (Lipinski definition) is 3. The first-order valence-corrected chi connectivity index (χ1v) is 8.15. The fourth-order valence-electron chi connectivity index (χ4n) is 1.19. The zero-order valence-corrected chi connectivity index (χ0v) is 11.6. The van der Waals surface area contributed by atoms with Crippen LogP contribution in [-0.2, 0) is 15.2 Å². The summed E-state index contributed by atoms with van der Waals surface area (Å²) in [7, 11) is -2.88. The summed E-state index contributed by atoms with van der Waals surface area (Å²) in [6.07, 6.45) is 1.76. The van der Waals surface area contributed by atoms with E-state index in [1.807, 2.05) is 24.3 Å². The van der Waals surface area contributed by atoms with Crippen LogP contribution in [0.15, 0.2) is 24.3 Å². The Morgan fingerprint density at radius 3 is 2.38 bits per heavy atom. The number of sulfone groups is 1. The number of alkyl halides is 1. The first kappa shape index (κ1) is 13.5. The van der Waals surface area contributed by atoms with Crippen LogP contribution in [0, 0.1) is 0 Å². The Bertz CT molecular complexity index is 411. The average Bonchev–Trinajstić information content (AvgIpc) is 2.24. The topological polar surface area (TPSA) is 43.4 Å². The van der Waals surface area contributed by atoms with E-state index in [9.17, 15) is 8.42 Å². The second kappa shape index (κ2) is 6.25. The lowest BCUT2D eigenvalue weighted by atomic mass is 10.2. The predicted molar refractivity (Wildman–Crippen MR) is 68.9 cm³/mol. The summed E-state index contributed by atoms with van der Waals surface area (Å²) in [6, 6.07) is 7.72. The molecule has 0 saturated heterocycles. The van der Waals surface area contributed by atoms with Crippen molar-refractivity contribution in [3.63, 3.8) is 0 Å². The third-order valence-electron chi connectivity index (χ3n) is 2.01. The fourth-order valence-corrected chi connectivity index (χ4v) is 2.20. The minimum absolute atomic E-state index is 0.173. The van der Waals surface area contributed by atoms with Gasteiger partial charge >= 0.3 is 0 Å². The van der Waals surface area contributed by atoms with Crippen LogP contribution in [0.1, 0.15) is 12.0 Å². The van der Waals surface area contributed by atoms with Crippen LogP contribution in [0.25, 0.3) is 0 Å². The van der Waals surface area contributed by atoms with Crippen molar-refractivity contribution >= 4 is 25.8 Å². The van der Waals surface area contributed by atoms with E-state index in [4.69, 9.17) is 4.74 Å². The van der Waals surface area contributed by atoms with Crippen LogP contribution in [0.3, 0.4) is 0 Å². The highest BCUT2D eigenvalue weighted by Crippen LogP contribution is 2.14. The molecule has 16 heavy (non-hydrogen) atoms. The van der Waals surface area contributed by atoms with Crippen molar-refractivity contribution in [2.45, 2.75) is 11.8 Å². The minimum atomic E-state index is -2.88. The molecule has 0 fully saturated rings. The maximum atomic E-state index is 10.9. The molecule has 0 aromatic heterocycles. The highest BCUT2D eigenvalue weighted by Gasteiger charge is 2.01. The van der Waals surface area contributed by atoms with Gasteiger partial charge in [-0.2, -0.15) is 0 Å². The van der Waals surface area contributed by atoms with Gasteiger partial charge in [-0.05, 0) is 24.1 Å². The van der Waals surface area contributed by atoms with Gasteiger partial charge < -0.3 is 4.74 Å². The summed E-state index contributed by atoms with van der Waals surface area (Å²) in [5, 5.41) is 0.821. The Balaban J connectivity index is 2.32.